The number of imidazole rings is 1. The van der Waals surface area contributed by atoms with Gasteiger partial charge < -0.3 is 26.4 Å². The molecule has 8 nitrogen and oxygen atoms in total. The van der Waals surface area contributed by atoms with E-state index in [2.05, 4.69) is 29.6 Å². The Morgan fingerprint density at radius 3 is 2.71 bits per heavy atom. The summed E-state index contributed by atoms with van der Waals surface area (Å²) in [6, 6.07) is 1.63. The molecule has 4 atom stereocenters. The van der Waals surface area contributed by atoms with Crippen LogP contribution in [0.4, 0.5) is 11.6 Å². The van der Waals surface area contributed by atoms with Crippen LogP contribution >= 0.6 is 6.89 Å². The molecule has 1 fully saturated rings. The Morgan fingerprint density at radius 1 is 1.33 bits per heavy atom. The zero-order chi connectivity index (χ0) is 17.6. The van der Waals surface area contributed by atoms with Crippen molar-refractivity contribution in [2.24, 2.45) is 0 Å². The highest BCUT2D eigenvalue weighted by Crippen LogP contribution is 2.40. The minimum absolute atomic E-state index is 0.136. The summed E-state index contributed by atoms with van der Waals surface area (Å²) in [6.45, 7) is 3.00. The lowest BCUT2D eigenvalue weighted by atomic mass is 10.1. The van der Waals surface area contributed by atoms with E-state index in [1.54, 1.807) is 12.3 Å². The second kappa shape index (κ2) is 6.04. The fourth-order valence-electron chi connectivity index (χ4n) is 2.93. The molecule has 6 N–H and O–H groups in total. The van der Waals surface area contributed by atoms with Crippen LogP contribution in [-0.4, -0.2) is 68.9 Å². The van der Waals surface area contributed by atoms with Crippen LogP contribution in [0.3, 0.4) is 0 Å². The van der Waals surface area contributed by atoms with E-state index in [1.165, 1.54) is 4.57 Å². The molecular weight excluding hydrogens is 329 g/mol. The molecule has 0 radical (unpaired) electrons. The number of anilines is 2. The number of hydrogen-bond acceptors (Lipinski definition) is 7. The third-order valence-corrected chi connectivity index (χ3v) is 5.72. The van der Waals surface area contributed by atoms with Crippen LogP contribution in [0.5, 0.6) is 0 Å². The Kier molecular flexibility index (Phi) is 4.34. The summed E-state index contributed by atoms with van der Waals surface area (Å²) in [7, 11) is 0. The number of ether oxygens (including phenoxy) is 1. The maximum atomic E-state index is 10.4. The second-order valence-electron chi connectivity index (χ2n) is 6.91. The van der Waals surface area contributed by atoms with Gasteiger partial charge in [-0.05, 0) is 32.0 Å². The fraction of sp³-hybridized carbons (Fsp3) is 0.533. The molecule has 9 heteroatoms. The van der Waals surface area contributed by atoms with Gasteiger partial charge in [-0.25, -0.2) is 9.97 Å². The van der Waals surface area contributed by atoms with Crippen LogP contribution in [0.1, 0.15) is 12.6 Å². The fourth-order valence-corrected chi connectivity index (χ4v) is 3.89. The van der Waals surface area contributed by atoms with Crippen LogP contribution in [0.25, 0.3) is 11.2 Å². The molecule has 1 aliphatic rings. The van der Waals surface area contributed by atoms with E-state index >= 15 is 0 Å². The number of pyridine rings is 1. The third kappa shape index (κ3) is 3.02. The molecule has 132 valence electrons. The molecule has 0 saturated carbocycles. The minimum Gasteiger partial charge on any atom is -0.397 e. The highest BCUT2D eigenvalue weighted by Gasteiger charge is 2.44. The van der Waals surface area contributed by atoms with E-state index in [9.17, 15) is 10.2 Å². The quantitative estimate of drug-likeness (QED) is 0.582. The number of nitrogens with zero attached hydrogens (tertiary/aromatic N) is 3. The number of hydrogen-bond donors (Lipinski definition) is 4. The Morgan fingerprint density at radius 2 is 2.04 bits per heavy atom. The summed E-state index contributed by atoms with van der Waals surface area (Å²) in [5.41, 5.74) is 13.2. The van der Waals surface area contributed by atoms with E-state index in [0.29, 0.717) is 23.3 Å². The Balaban J connectivity index is 1.92. The molecule has 0 aromatic carbocycles. The van der Waals surface area contributed by atoms with Crippen LogP contribution in [0, 0.1) is 0 Å². The van der Waals surface area contributed by atoms with Gasteiger partial charge >= 0.3 is 0 Å². The highest BCUT2D eigenvalue weighted by atomic mass is 31.2. The topological polar surface area (TPSA) is 132 Å². The highest BCUT2D eigenvalue weighted by molar-refractivity contribution is 7.72. The van der Waals surface area contributed by atoms with E-state index in [1.807, 2.05) is 0 Å². The number of nitrogens with two attached hydrogens (primary N) is 2. The van der Waals surface area contributed by atoms with Crippen molar-refractivity contribution in [1.82, 2.24) is 14.5 Å². The Labute approximate surface area is 140 Å². The summed E-state index contributed by atoms with van der Waals surface area (Å²) in [6.07, 6.45) is 3.73. The largest absolute Gasteiger partial charge is 0.397 e. The molecule has 2 aromatic heterocycles. The molecule has 0 bridgehead atoms. The van der Waals surface area contributed by atoms with Gasteiger partial charge in [0.15, 0.2) is 11.9 Å². The molecule has 1 saturated heterocycles. The monoisotopic (exact) mass is 353 g/mol. The lowest BCUT2D eigenvalue weighted by Crippen LogP contribution is -2.32. The first kappa shape index (κ1) is 17.2. The van der Waals surface area contributed by atoms with E-state index < -0.39 is 31.4 Å². The molecule has 24 heavy (non-hydrogen) atoms. The van der Waals surface area contributed by atoms with E-state index in [0.717, 1.165) is 6.16 Å². The van der Waals surface area contributed by atoms with Gasteiger partial charge in [-0.3, -0.25) is 4.57 Å². The molecule has 0 spiro atoms. The van der Waals surface area contributed by atoms with Gasteiger partial charge in [0.05, 0.1) is 11.8 Å². The van der Waals surface area contributed by atoms with E-state index in [4.69, 9.17) is 16.2 Å². The lowest BCUT2D eigenvalue weighted by Gasteiger charge is -2.19. The summed E-state index contributed by atoms with van der Waals surface area (Å²) >= 11 is 0. The zero-order valence-electron chi connectivity index (χ0n) is 13.8. The van der Waals surface area contributed by atoms with Crippen molar-refractivity contribution in [2.75, 3.05) is 31.0 Å². The van der Waals surface area contributed by atoms with E-state index in [-0.39, 0.29) is 5.95 Å². The number of aliphatic hydroxyl groups is 2. The van der Waals surface area contributed by atoms with Crippen LogP contribution < -0.4 is 11.5 Å². The SMILES string of the molecule is C=P(C)(C)CC[C@H]1O[C@@H](n2c(N)nc3c(N)ccnc32)[C@H](O)[C@@H]1O. The second-order valence-corrected chi connectivity index (χ2v) is 11.2. The van der Waals surface area contributed by atoms with Crippen molar-refractivity contribution in [1.29, 1.82) is 0 Å². The van der Waals surface area contributed by atoms with Gasteiger partial charge in [0.2, 0.25) is 5.95 Å². The first-order valence-corrected chi connectivity index (χ1v) is 10.8. The van der Waals surface area contributed by atoms with Crippen LogP contribution in [0.2, 0.25) is 0 Å². The third-order valence-electron chi connectivity index (χ3n) is 4.25. The Bertz CT molecular complexity index is 802. The summed E-state index contributed by atoms with van der Waals surface area (Å²) in [5, 5.41) is 20.8. The predicted molar refractivity (Wildman–Crippen MR) is 97.6 cm³/mol. The zero-order valence-corrected chi connectivity index (χ0v) is 14.7. The minimum atomic E-state index is -1.24. The standard InChI is InChI=1S/C15H24N5O3P/c1-24(2,3)7-5-9-11(21)12(22)14(23-9)20-13-10(19-15(20)17)8(16)4-6-18-13/h4,6,9,11-12,14,21-22H,1,5,7H2,2-3H3,(H2,16,18)(H2,17,19)/t9-,11-,12-,14-/m1/s1. The summed E-state index contributed by atoms with van der Waals surface area (Å²) in [4.78, 5) is 8.44. The maximum Gasteiger partial charge on any atom is 0.204 e. The molecule has 2 aromatic rings. The molecular formula is C15H24N5O3P. The van der Waals surface area contributed by atoms with Crippen molar-refractivity contribution in [2.45, 2.75) is 31.0 Å². The molecule has 3 heterocycles. The molecule has 0 unspecified atom stereocenters. The summed E-state index contributed by atoms with van der Waals surface area (Å²) < 4.78 is 7.40. The van der Waals surface area contributed by atoms with Crippen molar-refractivity contribution < 1.29 is 14.9 Å². The van der Waals surface area contributed by atoms with Gasteiger partial charge in [-0.1, -0.05) is 0 Å². The average molecular weight is 353 g/mol. The predicted octanol–water partition coefficient (Wildman–Crippen LogP) is 0.314. The van der Waals surface area contributed by atoms with Gasteiger partial charge in [-0.15, -0.1) is 13.2 Å². The molecule has 1 aliphatic heterocycles. The maximum absolute atomic E-state index is 10.4. The molecule has 0 amide bonds. The van der Waals surface area contributed by atoms with Crippen LogP contribution in [0.15, 0.2) is 12.3 Å². The first-order chi connectivity index (χ1) is 11.2. The first-order valence-electron chi connectivity index (χ1n) is 7.76. The smallest absolute Gasteiger partial charge is 0.204 e. The summed E-state index contributed by atoms with van der Waals surface area (Å²) in [5.74, 6) is 0.136. The lowest BCUT2D eigenvalue weighted by molar-refractivity contribution is -0.0340. The normalized spacial score (nSPS) is 27.8. The van der Waals surface area contributed by atoms with Crippen molar-refractivity contribution in [3.05, 3.63) is 12.3 Å². The van der Waals surface area contributed by atoms with Crippen molar-refractivity contribution in [3.63, 3.8) is 0 Å². The van der Waals surface area contributed by atoms with Gasteiger partial charge in [0.25, 0.3) is 0 Å². The number of fused-ring (bicyclic) bond motifs is 1. The average Bonchev–Trinajstić information content (AvgIpc) is 2.96. The van der Waals surface area contributed by atoms with Gasteiger partial charge in [0, 0.05) is 6.20 Å². The number of rotatable bonds is 4. The van der Waals surface area contributed by atoms with Gasteiger partial charge in [0.1, 0.15) is 17.7 Å². The van der Waals surface area contributed by atoms with Crippen molar-refractivity contribution >= 4 is 36.0 Å². The number of aromatic nitrogens is 3. The van der Waals surface area contributed by atoms with Crippen LogP contribution in [-0.2, 0) is 4.74 Å². The Hall–Kier alpha value is -1.60. The molecule has 3 rings (SSSR count). The molecule has 0 aliphatic carbocycles. The van der Waals surface area contributed by atoms with Crippen molar-refractivity contribution in [3.8, 4) is 0 Å². The number of aliphatic hydroxyl groups excluding tert-OH is 2. The number of nitrogen functional groups attached to an aromatic ring is 2. The van der Waals surface area contributed by atoms with Gasteiger partial charge in [-0.2, -0.15) is 0 Å².